The van der Waals surface area contributed by atoms with Gasteiger partial charge in [-0.25, -0.2) is 4.68 Å². The van der Waals surface area contributed by atoms with Crippen LogP contribution in [0, 0.1) is 6.92 Å². The van der Waals surface area contributed by atoms with E-state index in [0.717, 1.165) is 10.2 Å². The van der Waals surface area contributed by atoms with Crippen molar-refractivity contribution in [3.8, 4) is 0 Å². The van der Waals surface area contributed by atoms with Crippen LogP contribution in [-0.2, 0) is 7.05 Å². The fraction of sp³-hybridized carbons (Fsp3) is 0.316. The summed E-state index contributed by atoms with van der Waals surface area (Å²) in [4.78, 5) is 12.6. The van der Waals surface area contributed by atoms with Crippen molar-refractivity contribution in [3.63, 3.8) is 0 Å². The molecule has 10 heteroatoms. The van der Waals surface area contributed by atoms with Crippen molar-refractivity contribution >= 4 is 17.4 Å². The van der Waals surface area contributed by atoms with Crippen LogP contribution >= 0.6 is 0 Å². The van der Waals surface area contributed by atoms with Crippen molar-refractivity contribution in [2.75, 3.05) is 10.6 Å². The van der Waals surface area contributed by atoms with E-state index in [4.69, 9.17) is 0 Å². The molecule has 1 aliphatic rings. The van der Waals surface area contributed by atoms with E-state index in [1.807, 2.05) is 0 Å². The summed E-state index contributed by atoms with van der Waals surface area (Å²) in [6, 6.07) is 7.89. The number of benzene rings is 1. The van der Waals surface area contributed by atoms with Gasteiger partial charge in [-0.2, -0.15) is 23.4 Å². The first-order valence-corrected chi connectivity index (χ1v) is 9.01. The molecule has 2 aromatic heterocycles. The maximum absolute atomic E-state index is 13.7. The van der Waals surface area contributed by atoms with Gasteiger partial charge in [0.25, 0.3) is 5.91 Å². The first kappa shape index (κ1) is 19.0. The van der Waals surface area contributed by atoms with Gasteiger partial charge in [0.15, 0.2) is 11.7 Å². The summed E-state index contributed by atoms with van der Waals surface area (Å²) in [5, 5.41) is 13.8. The topological polar surface area (TPSA) is 76.8 Å². The Bertz CT molecular complexity index is 1040. The van der Waals surface area contributed by atoms with Crippen molar-refractivity contribution < 1.29 is 18.0 Å². The molecule has 2 N–H and O–H groups in total. The molecule has 0 saturated carbocycles. The Morgan fingerprint density at radius 1 is 1.24 bits per heavy atom. The van der Waals surface area contributed by atoms with Gasteiger partial charge in [0, 0.05) is 25.7 Å². The minimum absolute atomic E-state index is 0.0984. The molecule has 0 unspecified atom stereocenters. The normalized spacial score (nSPS) is 18.8. The number of nitrogens with zero attached hydrogens (tertiary/aromatic N) is 4. The van der Waals surface area contributed by atoms with Crippen LogP contribution in [0.1, 0.15) is 40.3 Å². The number of hydrogen-bond donors (Lipinski definition) is 2. The van der Waals surface area contributed by atoms with Crippen LogP contribution < -0.4 is 10.6 Å². The molecular formula is C19H19F3N6O. The van der Waals surface area contributed by atoms with Gasteiger partial charge in [0.1, 0.15) is 5.82 Å². The van der Waals surface area contributed by atoms with Gasteiger partial charge in [-0.3, -0.25) is 9.48 Å². The van der Waals surface area contributed by atoms with E-state index in [0.29, 0.717) is 11.4 Å². The average molecular weight is 404 g/mol. The van der Waals surface area contributed by atoms with Crippen LogP contribution in [0.25, 0.3) is 0 Å². The van der Waals surface area contributed by atoms with Crippen LogP contribution in [-0.4, -0.2) is 31.6 Å². The molecule has 29 heavy (non-hydrogen) atoms. The molecule has 0 aliphatic carbocycles. The van der Waals surface area contributed by atoms with Crippen molar-refractivity contribution in [1.82, 2.24) is 19.6 Å². The molecule has 0 fully saturated rings. The van der Waals surface area contributed by atoms with E-state index in [2.05, 4.69) is 20.8 Å². The van der Waals surface area contributed by atoms with Gasteiger partial charge >= 0.3 is 6.18 Å². The molecule has 0 bridgehead atoms. The maximum Gasteiger partial charge on any atom is 0.410 e. The summed E-state index contributed by atoms with van der Waals surface area (Å²) in [5.41, 5.74) is 1.72. The minimum atomic E-state index is -4.50. The number of rotatable bonds is 3. The molecule has 0 spiro atoms. The number of anilines is 2. The number of amides is 1. The molecular weight excluding hydrogens is 385 g/mol. The summed E-state index contributed by atoms with van der Waals surface area (Å²) in [6.45, 7) is 1.72. The molecule has 1 aromatic carbocycles. The third-order valence-corrected chi connectivity index (χ3v) is 4.89. The number of aryl methyl sites for hydroxylation is 2. The molecule has 4 rings (SSSR count). The van der Waals surface area contributed by atoms with Gasteiger partial charge in [0.05, 0.1) is 17.4 Å². The molecule has 7 nitrogen and oxygen atoms in total. The molecule has 2 atom stereocenters. The SMILES string of the molecule is Cc1nn(C)cc1NC(=O)c1cc2n(n1)[C@H](C(F)(F)F)C[C@@H](c1ccccc1)N2. The van der Waals surface area contributed by atoms with E-state index in [1.165, 1.54) is 10.7 Å². The van der Waals surface area contributed by atoms with Crippen molar-refractivity contribution in [3.05, 3.63) is 59.5 Å². The quantitative estimate of drug-likeness (QED) is 0.696. The maximum atomic E-state index is 13.7. The fourth-order valence-electron chi connectivity index (χ4n) is 3.50. The van der Waals surface area contributed by atoms with E-state index >= 15 is 0 Å². The third-order valence-electron chi connectivity index (χ3n) is 4.89. The van der Waals surface area contributed by atoms with Gasteiger partial charge in [-0.15, -0.1) is 0 Å². The molecule has 1 aliphatic heterocycles. The van der Waals surface area contributed by atoms with Crippen LogP contribution in [0.4, 0.5) is 24.7 Å². The Labute approximate surface area is 164 Å². The standard InChI is InChI=1S/C19H19F3N6O/c1-11-15(10-27(2)25-11)24-18(29)14-9-17-23-13(12-6-4-3-5-7-12)8-16(19(20,21)22)28(17)26-14/h3-7,9-10,13,16,23H,8H2,1-2H3,(H,24,29)/t13-,16-/m0/s1. The summed E-state index contributed by atoms with van der Waals surface area (Å²) in [7, 11) is 1.71. The van der Waals surface area contributed by atoms with Crippen LogP contribution in [0.5, 0.6) is 0 Å². The van der Waals surface area contributed by atoms with Crippen molar-refractivity contribution in [2.45, 2.75) is 31.6 Å². The number of hydrogen-bond acceptors (Lipinski definition) is 4. The zero-order chi connectivity index (χ0) is 20.8. The highest BCUT2D eigenvalue weighted by Crippen LogP contribution is 2.43. The second-order valence-electron chi connectivity index (χ2n) is 7.02. The van der Waals surface area contributed by atoms with E-state index in [9.17, 15) is 18.0 Å². The van der Waals surface area contributed by atoms with Gasteiger partial charge in [0.2, 0.25) is 0 Å². The molecule has 0 saturated heterocycles. The lowest BCUT2D eigenvalue weighted by molar-refractivity contribution is -0.173. The highest BCUT2D eigenvalue weighted by molar-refractivity contribution is 6.03. The van der Waals surface area contributed by atoms with Crippen LogP contribution in [0.2, 0.25) is 0 Å². The summed E-state index contributed by atoms with van der Waals surface area (Å²) < 4.78 is 43.6. The van der Waals surface area contributed by atoms with Crippen molar-refractivity contribution in [2.24, 2.45) is 7.05 Å². The monoisotopic (exact) mass is 404 g/mol. The Morgan fingerprint density at radius 2 is 1.97 bits per heavy atom. The summed E-state index contributed by atoms with van der Waals surface area (Å²) in [5.74, 6) is -0.442. The van der Waals surface area contributed by atoms with E-state index in [1.54, 1.807) is 50.5 Å². The number of aromatic nitrogens is 4. The Balaban J connectivity index is 1.65. The first-order valence-electron chi connectivity index (χ1n) is 9.01. The minimum Gasteiger partial charge on any atom is -0.363 e. The summed E-state index contributed by atoms with van der Waals surface area (Å²) >= 11 is 0. The molecule has 3 heterocycles. The van der Waals surface area contributed by atoms with Crippen LogP contribution in [0.15, 0.2) is 42.6 Å². The number of halogens is 3. The van der Waals surface area contributed by atoms with Gasteiger partial charge in [-0.05, 0) is 12.5 Å². The second-order valence-corrected chi connectivity index (χ2v) is 7.02. The highest BCUT2D eigenvalue weighted by atomic mass is 19.4. The van der Waals surface area contributed by atoms with Gasteiger partial charge < -0.3 is 10.6 Å². The van der Waals surface area contributed by atoms with Gasteiger partial charge in [-0.1, -0.05) is 30.3 Å². The Hall–Kier alpha value is -3.30. The van der Waals surface area contributed by atoms with E-state index in [-0.39, 0.29) is 17.9 Å². The molecule has 0 radical (unpaired) electrons. The Kier molecular flexibility index (Phi) is 4.56. The molecule has 152 valence electrons. The summed E-state index contributed by atoms with van der Waals surface area (Å²) in [6.07, 6.45) is -3.10. The fourth-order valence-corrected chi connectivity index (χ4v) is 3.50. The largest absolute Gasteiger partial charge is 0.410 e. The lowest BCUT2D eigenvalue weighted by Crippen LogP contribution is -2.35. The average Bonchev–Trinajstić information content (AvgIpc) is 3.23. The predicted octanol–water partition coefficient (Wildman–Crippen LogP) is 3.84. The highest BCUT2D eigenvalue weighted by Gasteiger charge is 2.46. The van der Waals surface area contributed by atoms with E-state index < -0.39 is 24.2 Å². The number of alkyl halides is 3. The lowest BCUT2D eigenvalue weighted by atomic mass is 9.97. The molecule has 1 amide bonds. The number of carbonyl (C=O) groups is 1. The third kappa shape index (κ3) is 3.69. The lowest BCUT2D eigenvalue weighted by Gasteiger charge is -2.33. The van der Waals surface area contributed by atoms with Crippen LogP contribution in [0.3, 0.4) is 0 Å². The number of fused-ring (bicyclic) bond motifs is 1. The smallest absolute Gasteiger partial charge is 0.363 e. The molecule has 3 aromatic rings. The zero-order valence-corrected chi connectivity index (χ0v) is 15.7. The predicted molar refractivity (Wildman–Crippen MR) is 101 cm³/mol. The first-order chi connectivity index (χ1) is 13.7. The number of nitrogens with one attached hydrogen (secondary N) is 2. The van der Waals surface area contributed by atoms with Crippen molar-refractivity contribution in [1.29, 1.82) is 0 Å². The number of carbonyl (C=O) groups excluding carboxylic acids is 1. The second kappa shape index (κ2) is 6.94. The Morgan fingerprint density at radius 3 is 2.59 bits per heavy atom. The zero-order valence-electron chi connectivity index (χ0n) is 15.7.